The van der Waals surface area contributed by atoms with Gasteiger partial charge >= 0.3 is 0 Å². The molecule has 3 heterocycles. The van der Waals surface area contributed by atoms with Gasteiger partial charge < -0.3 is 10.2 Å². The molecular weight excluding hydrogens is 232 g/mol. The van der Waals surface area contributed by atoms with Crippen LogP contribution in [0.5, 0.6) is 0 Å². The molecule has 2 fully saturated rings. The van der Waals surface area contributed by atoms with Crippen LogP contribution in [0, 0.1) is 11.8 Å². The number of fused-ring (bicyclic) bond motifs is 1. The maximum atomic E-state index is 4.43. The van der Waals surface area contributed by atoms with Gasteiger partial charge in [-0.3, -0.25) is 0 Å². The van der Waals surface area contributed by atoms with Crippen LogP contribution >= 0.6 is 11.8 Å². The number of nitrogens with zero attached hydrogens (tertiary/aromatic N) is 3. The molecule has 0 bridgehead atoms. The van der Waals surface area contributed by atoms with Gasteiger partial charge in [-0.1, -0.05) is 0 Å². The van der Waals surface area contributed by atoms with Crippen molar-refractivity contribution in [1.29, 1.82) is 0 Å². The van der Waals surface area contributed by atoms with Gasteiger partial charge in [0.1, 0.15) is 17.2 Å². The molecule has 1 aromatic heterocycles. The maximum absolute atomic E-state index is 4.43. The van der Waals surface area contributed by atoms with E-state index in [0.29, 0.717) is 6.04 Å². The highest BCUT2D eigenvalue weighted by molar-refractivity contribution is 7.98. The largest absolute Gasteiger partial charge is 0.353 e. The molecule has 0 saturated carbocycles. The number of anilines is 1. The van der Waals surface area contributed by atoms with E-state index in [1.807, 2.05) is 0 Å². The predicted octanol–water partition coefficient (Wildman–Crippen LogP) is 1.24. The second-order valence-corrected chi connectivity index (χ2v) is 5.72. The van der Waals surface area contributed by atoms with Crippen LogP contribution in [0.1, 0.15) is 6.92 Å². The van der Waals surface area contributed by atoms with Gasteiger partial charge in [0.2, 0.25) is 0 Å². The molecule has 0 amide bonds. The van der Waals surface area contributed by atoms with Crippen LogP contribution in [-0.4, -0.2) is 41.9 Å². The lowest BCUT2D eigenvalue weighted by atomic mass is 9.95. The van der Waals surface area contributed by atoms with Crippen LogP contribution < -0.4 is 10.2 Å². The molecule has 3 unspecified atom stereocenters. The number of hydrogen-bond acceptors (Lipinski definition) is 5. The molecule has 5 heteroatoms. The van der Waals surface area contributed by atoms with Crippen LogP contribution in [0.25, 0.3) is 0 Å². The quantitative estimate of drug-likeness (QED) is 0.632. The smallest absolute Gasteiger partial charge is 0.133 e. The van der Waals surface area contributed by atoms with E-state index in [0.717, 1.165) is 42.3 Å². The van der Waals surface area contributed by atoms with E-state index in [-0.39, 0.29) is 0 Å². The highest BCUT2D eigenvalue weighted by Gasteiger charge is 2.42. The van der Waals surface area contributed by atoms with Crippen LogP contribution in [0.15, 0.2) is 17.4 Å². The number of aromatic nitrogens is 2. The summed E-state index contributed by atoms with van der Waals surface area (Å²) in [4.78, 5) is 11.1. The molecule has 0 spiro atoms. The minimum Gasteiger partial charge on any atom is -0.353 e. The summed E-state index contributed by atoms with van der Waals surface area (Å²) in [5.74, 6) is 2.66. The minimum absolute atomic E-state index is 0.583. The van der Waals surface area contributed by atoms with Crippen molar-refractivity contribution in [3.8, 4) is 0 Å². The number of nitrogens with one attached hydrogen (secondary N) is 1. The van der Waals surface area contributed by atoms with Crippen molar-refractivity contribution in [2.24, 2.45) is 11.8 Å². The maximum Gasteiger partial charge on any atom is 0.133 e. The van der Waals surface area contributed by atoms with Gasteiger partial charge in [-0.2, -0.15) is 0 Å². The van der Waals surface area contributed by atoms with Crippen LogP contribution in [-0.2, 0) is 0 Å². The first kappa shape index (κ1) is 11.3. The lowest BCUT2D eigenvalue weighted by molar-refractivity contribution is 0.471. The van der Waals surface area contributed by atoms with Crippen LogP contribution in [0.3, 0.4) is 0 Å². The van der Waals surface area contributed by atoms with Gasteiger partial charge in [-0.15, -0.1) is 11.8 Å². The summed E-state index contributed by atoms with van der Waals surface area (Å²) in [7, 11) is 0. The third-order valence-electron chi connectivity index (χ3n) is 4.07. The Morgan fingerprint density at radius 1 is 1.41 bits per heavy atom. The Bertz CT molecular complexity index is 411. The molecule has 2 aliphatic heterocycles. The van der Waals surface area contributed by atoms with Crippen molar-refractivity contribution in [2.45, 2.75) is 18.0 Å². The third-order valence-corrected chi connectivity index (χ3v) is 4.71. The first-order chi connectivity index (χ1) is 8.29. The molecule has 4 nitrogen and oxygen atoms in total. The van der Waals surface area contributed by atoms with Crippen molar-refractivity contribution < 1.29 is 0 Å². The van der Waals surface area contributed by atoms with Gasteiger partial charge in [0.15, 0.2) is 0 Å². The Balaban J connectivity index is 1.84. The third kappa shape index (κ3) is 1.91. The zero-order chi connectivity index (χ0) is 11.8. The second kappa shape index (κ2) is 4.46. The SMILES string of the molecule is CSc1cc(N2CC3CNCC3C2C)ncn1. The van der Waals surface area contributed by atoms with E-state index >= 15 is 0 Å². The van der Waals surface area contributed by atoms with Gasteiger partial charge in [-0.25, -0.2) is 9.97 Å². The van der Waals surface area contributed by atoms with Gasteiger partial charge in [-0.05, 0) is 25.0 Å². The molecular formula is C12H18N4S. The average molecular weight is 250 g/mol. The summed E-state index contributed by atoms with van der Waals surface area (Å²) >= 11 is 1.67. The summed E-state index contributed by atoms with van der Waals surface area (Å²) in [6.07, 6.45) is 3.73. The van der Waals surface area contributed by atoms with Crippen molar-refractivity contribution >= 4 is 17.6 Å². The molecule has 0 aliphatic carbocycles. The molecule has 3 atom stereocenters. The fourth-order valence-corrected chi connectivity index (χ4v) is 3.44. The first-order valence-corrected chi connectivity index (χ1v) is 7.35. The predicted molar refractivity (Wildman–Crippen MR) is 70.5 cm³/mol. The zero-order valence-corrected chi connectivity index (χ0v) is 11.1. The zero-order valence-electron chi connectivity index (χ0n) is 10.3. The van der Waals surface area contributed by atoms with Crippen LogP contribution in [0.4, 0.5) is 5.82 Å². The van der Waals surface area contributed by atoms with E-state index < -0.39 is 0 Å². The average Bonchev–Trinajstić information content (AvgIpc) is 2.93. The highest BCUT2D eigenvalue weighted by Crippen LogP contribution is 2.35. The Labute approximate surface area is 106 Å². The summed E-state index contributed by atoms with van der Waals surface area (Å²) in [5.41, 5.74) is 0. The molecule has 2 aliphatic rings. The summed E-state index contributed by atoms with van der Waals surface area (Å²) in [5, 5.41) is 4.54. The minimum atomic E-state index is 0.583. The fourth-order valence-electron chi connectivity index (χ4n) is 3.07. The summed E-state index contributed by atoms with van der Waals surface area (Å²) < 4.78 is 0. The lowest BCUT2D eigenvalue weighted by Gasteiger charge is -2.25. The first-order valence-electron chi connectivity index (χ1n) is 6.13. The molecule has 3 rings (SSSR count). The number of hydrogen-bond donors (Lipinski definition) is 1. The van der Waals surface area contributed by atoms with Crippen molar-refractivity contribution in [3.05, 3.63) is 12.4 Å². The summed E-state index contributed by atoms with van der Waals surface area (Å²) in [6, 6.07) is 2.69. The normalized spacial score (nSPS) is 31.9. The van der Waals surface area contributed by atoms with E-state index in [4.69, 9.17) is 0 Å². The molecule has 1 aromatic rings. The topological polar surface area (TPSA) is 41.0 Å². The van der Waals surface area contributed by atoms with Crippen molar-refractivity contribution in [2.75, 3.05) is 30.8 Å². The number of thioether (sulfide) groups is 1. The van der Waals surface area contributed by atoms with E-state index in [1.165, 1.54) is 0 Å². The van der Waals surface area contributed by atoms with Gasteiger partial charge in [0, 0.05) is 31.7 Å². The number of rotatable bonds is 2. The monoisotopic (exact) mass is 250 g/mol. The Morgan fingerprint density at radius 3 is 3.06 bits per heavy atom. The standard InChI is InChI=1S/C12H18N4S/c1-8-10-5-13-4-9(10)6-16(8)11-3-12(17-2)15-7-14-11/h3,7-10,13H,4-6H2,1-2H3. The Morgan fingerprint density at radius 2 is 2.29 bits per heavy atom. The van der Waals surface area contributed by atoms with E-state index in [2.05, 4.69) is 39.4 Å². The molecule has 0 radical (unpaired) electrons. The molecule has 17 heavy (non-hydrogen) atoms. The fraction of sp³-hybridized carbons (Fsp3) is 0.667. The molecule has 0 aromatic carbocycles. The van der Waals surface area contributed by atoms with Gasteiger partial charge in [0.05, 0.1) is 0 Å². The van der Waals surface area contributed by atoms with Gasteiger partial charge in [0.25, 0.3) is 0 Å². The lowest BCUT2D eigenvalue weighted by Crippen LogP contribution is -2.33. The highest BCUT2D eigenvalue weighted by atomic mass is 32.2. The van der Waals surface area contributed by atoms with E-state index in [1.54, 1.807) is 18.1 Å². The molecule has 92 valence electrons. The van der Waals surface area contributed by atoms with Crippen LogP contribution in [0.2, 0.25) is 0 Å². The second-order valence-electron chi connectivity index (χ2n) is 4.89. The molecule has 2 saturated heterocycles. The summed E-state index contributed by atoms with van der Waals surface area (Å²) in [6.45, 7) is 5.76. The van der Waals surface area contributed by atoms with Crippen molar-refractivity contribution in [1.82, 2.24) is 15.3 Å². The molecule has 1 N–H and O–H groups in total. The Hall–Kier alpha value is -0.810. The Kier molecular flexibility index (Phi) is 2.96. The van der Waals surface area contributed by atoms with Crippen molar-refractivity contribution in [3.63, 3.8) is 0 Å². The van der Waals surface area contributed by atoms with E-state index in [9.17, 15) is 0 Å².